The van der Waals surface area contributed by atoms with Gasteiger partial charge in [0.2, 0.25) is 0 Å². The van der Waals surface area contributed by atoms with Crippen molar-refractivity contribution < 1.29 is 14.8 Å². The van der Waals surface area contributed by atoms with Crippen LogP contribution in [-0.4, -0.2) is 20.8 Å². The highest BCUT2D eigenvalue weighted by Gasteiger charge is 2.11. The fraction of sp³-hybridized carbons (Fsp3) is 0.455. The van der Waals surface area contributed by atoms with E-state index in [4.69, 9.17) is 9.47 Å². The average molecular weight is 275 g/mol. The Bertz CT molecular complexity index is 329. The summed E-state index contributed by atoms with van der Waals surface area (Å²) in [6.45, 7) is 3.52. The van der Waals surface area contributed by atoms with Crippen molar-refractivity contribution in [3.05, 3.63) is 22.2 Å². The lowest BCUT2D eigenvalue weighted by molar-refractivity contribution is -0.643. The van der Waals surface area contributed by atoms with Gasteiger partial charge in [0.25, 0.3) is 0 Å². The molecule has 0 bridgehead atoms. The van der Waals surface area contributed by atoms with Crippen molar-refractivity contribution in [2.24, 2.45) is 0 Å². The third-order valence-corrected chi connectivity index (χ3v) is 2.61. The van der Waals surface area contributed by atoms with Crippen molar-refractivity contribution in [3.8, 4) is 11.5 Å². The van der Waals surface area contributed by atoms with E-state index in [2.05, 4.69) is 27.3 Å². The summed E-state index contributed by atoms with van der Waals surface area (Å²) in [5.41, 5.74) is 1.21. The van der Waals surface area contributed by atoms with Crippen LogP contribution in [0.2, 0.25) is 0 Å². The molecule has 0 saturated carbocycles. The number of hydrogen-bond donors (Lipinski definition) is 1. The van der Waals surface area contributed by atoms with Gasteiger partial charge < -0.3 is 14.8 Å². The Morgan fingerprint density at radius 1 is 1.40 bits per heavy atom. The monoisotopic (exact) mass is 274 g/mol. The maximum Gasteiger partial charge on any atom is 0.175 e. The first-order valence-corrected chi connectivity index (χ1v) is 5.79. The van der Waals surface area contributed by atoms with Crippen LogP contribution in [0.4, 0.5) is 0 Å². The van der Waals surface area contributed by atoms with Gasteiger partial charge in [-0.25, -0.2) is 0 Å². The first-order valence-electron chi connectivity index (χ1n) is 5.00. The second-order valence-electron chi connectivity index (χ2n) is 3.15. The Labute approximate surface area is 98.9 Å². The van der Waals surface area contributed by atoms with E-state index in [-0.39, 0.29) is 0 Å². The summed E-state index contributed by atoms with van der Waals surface area (Å²) in [5, 5.41) is 2.11. The van der Waals surface area contributed by atoms with Gasteiger partial charge in [-0.2, -0.15) is 0 Å². The van der Waals surface area contributed by atoms with Gasteiger partial charge in [0, 0.05) is 5.56 Å². The quantitative estimate of drug-likeness (QED) is 0.885. The Kier molecular flexibility index (Phi) is 4.91. The minimum Gasteiger partial charge on any atom is -0.493 e. The van der Waals surface area contributed by atoms with Gasteiger partial charge in [0.05, 0.1) is 25.2 Å². The first-order chi connectivity index (χ1) is 7.22. The SMILES string of the molecule is CCOc1c(Br)cc(C[NH2+]C)cc1OC. The first kappa shape index (κ1) is 12.3. The summed E-state index contributed by atoms with van der Waals surface area (Å²) in [7, 11) is 3.70. The van der Waals surface area contributed by atoms with Crippen LogP contribution in [0.25, 0.3) is 0 Å². The van der Waals surface area contributed by atoms with Gasteiger partial charge >= 0.3 is 0 Å². The molecule has 1 rings (SSSR count). The standard InChI is InChI=1S/C11H16BrNO2/c1-4-15-11-9(12)5-8(7-13-2)6-10(11)14-3/h5-6,13H,4,7H2,1-3H3/p+1. The van der Waals surface area contributed by atoms with Crippen molar-refractivity contribution in [1.82, 2.24) is 0 Å². The molecule has 0 saturated heterocycles. The molecule has 3 nitrogen and oxygen atoms in total. The second kappa shape index (κ2) is 5.98. The Balaban J connectivity index is 3.06. The number of halogens is 1. The van der Waals surface area contributed by atoms with E-state index >= 15 is 0 Å². The number of nitrogens with two attached hydrogens (primary N) is 1. The molecule has 0 fully saturated rings. The van der Waals surface area contributed by atoms with E-state index < -0.39 is 0 Å². The maximum absolute atomic E-state index is 5.51. The predicted octanol–water partition coefficient (Wildman–Crippen LogP) is 1.55. The summed E-state index contributed by atoms with van der Waals surface area (Å²) in [5.74, 6) is 1.56. The molecule has 0 atom stereocenters. The minimum atomic E-state index is 0.633. The van der Waals surface area contributed by atoms with Gasteiger partial charge in [0.1, 0.15) is 6.54 Å². The third kappa shape index (κ3) is 3.11. The molecule has 0 aromatic heterocycles. The van der Waals surface area contributed by atoms with Gasteiger partial charge in [-0.05, 0) is 35.0 Å². The van der Waals surface area contributed by atoms with Crippen molar-refractivity contribution in [3.63, 3.8) is 0 Å². The van der Waals surface area contributed by atoms with Crippen LogP contribution >= 0.6 is 15.9 Å². The number of quaternary nitrogens is 1. The largest absolute Gasteiger partial charge is 0.493 e. The average Bonchev–Trinajstić information content (AvgIpc) is 2.22. The summed E-state index contributed by atoms with van der Waals surface area (Å²) in [6.07, 6.45) is 0. The van der Waals surface area contributed by atoms with Gasteiger partial charge in [-0.15, -0.1) is 0 Å². The predicted molar refractivity (Wildman–Crippen MR) is 63.4 cm³/mol. The molecule has 1 aromatic carbocycles. The van der Waals surface area contributed by atoms with Crippen LogP contribution in [0.5, 0.6) is 11.5 Å². The van der Waals surface area contributed by atoms with E-state index in [1.54, 1.807) is 7.11 Å². The molecule has 0 radical (unpaired) electrons. The molecule has 0 aliphatic rings. The summed E-state index contributed by atoms with van der Waals surface area (Å²) >= 11 is 3.49. The molecule has 0 unspecified atom stereocenters. The van der Waals surface area contributed by atoms with Crippen LogP contribution in [0, 0.1) is 0 Å². The lowest BCUT2D eigenvalue weighted by Gasteiger charge is -2.12. The van der Waals surface area contributed by atoms with E-state index in [9.17, 15) is 0 Å². The van der Waals surface area contributed by atoms with Crippen molar-refractivity contribution in [1.29, 1.82) is 0 Å². The normalized spacial score (nSPS) is 10.1. The second-order valence-corrected chi connectivity index (χ2v) is 4.01. The molecule has 0 spiro atoms. The molecule has 0 aliphatic heterocycles. The highest BCUT2D eigenvalue weighted by Crippen LogP contribution is 2.36. The molecule has 2 N–H and O–H groups in total. The molecule has 15 heavy (non-hydrogen) atoms. The molecule has 0 aliphatic carbocycles. The molecule has 0 amide bonds. The summed E-state index contributed by atoms with van der Waals surface area (Å²) in [4.78, 5) is 0. The van der Waals surface area contributed by atoms with E-state index in [0.29, 0.717) is 6.61 Å². The van der Waals surface area contributed by atoms with Crippen molar-refractivity contribution in [2.75, 3.05) is 20.8 Å². The Morgan fingerprint density at radius 3 is 2.67 bits per heavy atom. The lowest BCUT2D eigenvalue weighted by atomic mass is 10.2. The zero-order valence-corrected chi connectivity index (χ0v) is 10.9. The summed E-state index contributed by atoms with van der Waals surface area (Å²) < 4.78 is 11.8. The van der Waals surface area contributed by atoms with Crippen molar-refractivity contribution >= 4 is 15.9 Å². The number of hydrogen-bond acceptors (Lipinski definition) is 2. The number of rotatable bonds is 5. The van der Waals surface area contributed by atoms with Crippen LogP contribution in [0.15, 0.2) is 16.6 Å². The fourth-order valence-electron chi connectivity index (χ4n) is 1.41. The van der Waals surface area contributed by atoms with Gasteiger partial charge in [-0.3, -0.25) is 0 Å². The maximum atomic E-state index is 5.51. The van der Waals surface area contributed by atoms with E-state index in [1.165, 1.54) is 5.56 Å². The van der Waals surface area contributed by atoms with Crippen LogP contribution in [-0.2, 0) is 6.54 Å². The highest BCUT2D eigenvalue weighted by molar-refractivity contribution is 9.10. The molecule has 0 heterocycles. The van der Waals surface area contributed by atoms with Crippen LogP contribution in [0.1, 0.15) is 12.5 Å². The smallest absolute Gasteiger partial charge is 0.175 e. The van der Waals surface area contributed by atoms with Crippen molar-refractivity contribution in [2.45, 2.75) is 13.5 Å². The fourth-order valence-corrected chi connectivity index (χ4v) is 2.02. The third-order valence-electron chi connectivity index (χ3n) is 2.02. The lowest BCUT2D eigenvalue weighted by Crippen LogP contribution is -2.77. The number of ether oxygens (including phenoxy) is 2. The van der Waals surface area contributed by atoms with E-state index in [1.807, 2.05) is 20.0 Å². The number of methoxy groups -OCH3 is 1. The highest BCUT2D eigenvalue weighted by atomic mass is 79.9. The van der Waals surface area contributed by atoms with Gasteiger partial charge in [-0.1, -0.05) is 0 Å². The molecular formula is C11H17BrNO2+. The molecule has 84 valence electrons. The van der Waals surface area contributed by atoms with Crippen LogP contribution < -0.4 is 14.8 Å². The summed E-state index contributed by atoms with van der Waals surface area (Å²) in [6, 6.07) is 4.07. The van der Waals surface area contributed by atoms with Crippen LogP contribution in [0.3, 0.4) is 0 Å². The zero-order chi connectivity index (χ0) is 11.3. The molecular weight excluding hydrogens is 258 g/mol. The molecule has 4 heteroatoms. The minimum absolute atomic E-state index is 0.633. The zero-order valence-electron chi connectivity index (χ0n) is 9.34. The number of benzene rings is 1. The Morgan fingerprint density at radius 2 is 2.13 bits per heavy atom. The topological polar surface area (TPSA) is 35.1 Å². The van der Waals surface area contributed by atoms with Gasteiger partial charge in [0.15, 0.2) is 11.5 Å². The van der Waals surface area contributed by atoms with E-state index in [0.717, 1.165) is 22.5 Å². The molecule has 1 aromatic rings. The Hall–Kier alpha value is -0.740.